The summed E-state index contributed by atoms with van der Waals surface area (Å²) >= 11 is 0. The highest BCUT2D eigenvalue weighted by atomic mass is 16.7. The topological polar surface area (TPSA) is 41.6 Å². The van der Waals surface area contributed by atoms with Gasteiger partial charge in [0.25, 0.3) is 5.91 Å². The number of nitrogens with one attached hydrogen (secondary N) is 1. The van der Waals surface area contributed by atoms with E-state index in [4.69, 9.17) is 4.84 Å². The molecule has 0 heterocycles. The Kier molecular flexibility index (Phi) is 6.39. The number of likely N-dealkylation sites (N-methyl/N-ethyl adjacent to an activating group) is 1. The zero-order valence-electron chi connectivity index (χ0n) is 11.4. The third-order valence-corrected chi connectivity index (χ3v) is 2.77. The molecule has 18 heavy (non-hydrogen) atoms. The van der Waals surface area contributed by atoms with Crippen molar-refractivity contribution in [1.29, 1.82) is 0 Å². The van der Waals surface area contributed by atoms with Gasteiger partial charge < -0.3 is 5.32 Å². The molecule has 0 radical (unpaired) electrons. The fraction of sp³-hybridized carbons (Fsp3) is 0.500. The van der Waals surface area contributed by atoms with Crippen molar-refractivity contribution in [3.05, 3.63) is 35.4 Å². The largest absolute Gasteiger partial charge is 0.319 e. The molecule has 0 saturated heterocycles. The highest BCUT2D eigenvalue weighted by Gasteiger charge is 2.17. The van der Waals surface area contributed by atoms with Gasteiger partial charge in [0, 0.05) is 12.1 Å². The lowest BCUT2D eigenvalue weighted by molar-refractivity contribution is -0.0948. The Morgan fingerprint density at radius 2 is 2.11 bits per heavy atom. The molecule has 1 N–H and O–H groups in total. The molecule has 4 nitrogen and oxygen atoms in total. The number of carbonyl (C=O) groups is 1. The van der Waals surface area contributed by atoms with Gasteiger partial charge in [0.15, 0.2) is 0 Å². The second-order valence-electron chi connectivity index (χ2n) is 4.10. The average Bonchev–Trinajstić information content (AvgIpc) is 2.42. The van der Waals surface area contributed by atoms with Gasteiger partial charge in [-0.05, 0) is 38.1 Å². The number of rotatable bonds is 7. The number of carbonyl (C=O) groups excluding carboxylic acids is 1. The number of amides is 1. The lowest BCUT2D eigenvalue weighted by atomic mass is 10.0. The third kappa shape index (κ3) is 3.82. The van der Waals surface area contributed by atoms with Crippen LogP contribution >= 0.6 is 0 Å². The van der Waals surface area contributed by atoms with Gasteiger partial charge in [-0.2, -0.15) is 0 Å². The first-order chi connectivity index (χ1) is 8.74. The average molecular weight is 250 g/mol. The molecule has 1 aromatic carbocycles. The fourth-order valence-corrected chi connectivity index (χ4v) is 1.82. The van der Waals surface area contributed by atoms with E-state index in [1.807, 2.05) is 38.2 Å². The standard InChI is InChI=1S/C14H22N2O2/c1-4-11-16(18-3)14(17)13-8-6-5-7-12(13)9-10-15-2/h5-8,15H,4,9-11H2,1-3H3. The molecule has 1 amide bonds. The number of hydrogen-bond donors (Lipinski definition) is 1. The van der Waals surface area contributed by atoms with E-state index in [1.54, 1.807) is 0 Å². The molecule has 0 aliphatic heterocycles. The Hall–Kier alpha value is -1.39. The Morgan fingerprint density at radius 1 is 1.39 bits per heavy atom. The second-order valence-corrected chi connectivity index (χ2v) is 4.10. The van der Waals surface area contributed by atoms with Crippen LogP contribution in [0.5, 0.6) is 0 Å². The number of hydroxylamine groups is 2. The molecule has 1 aromatic rings. The Bertz CT molecular complexity index is 380. The summed E-state index contributed by atoms with van der Waals surface area (Å²) in [5.41, 5.74) is 1.78. The Balaban J connectivity index is 2.89. The van der Waals surface area contributed by atoms with Gasteiger partial charge in [0.1, 0.15) is 0 Å². The van der Waals surface area contributed by atoms with E-state index >= 15 is 0 Å². The molecule has 0 aliphatic carbocycles. The molecule has 0 saturated carbocycles. The summed E-state index contributed by atoms with van der Waals surface area (Å²) in [5.74, 6) is -0.0638. The minimum atomic E-state index is -0.0638. The summed E-state index contributed by atoms with van der Waals surface area (Å²) in [6.07, 6.45) is 1.71. The van der Waals surface area contributed by atoms with Gasteiger partial charge in [0.05, 0.1) is 7.11 Å². The van der Waals surface area contributed by atoms with Crippen LogP contribution in [0.15, 0.2) is 24.3 Å². The minimum Gasteiger partial charge on any atom is -0.319 e. The Morgan fingerprint density at radius 3 is 2.72 bits per heavy atom. The molecule has 0 atom stereocenters. The first kappa shape index (κ1) is 14.7. The predicted molar refractivity (Wildman–Crippen MR) is 72.4 cm³/mol. The molecule has 1 rings (SSSR count). The smallest absolute Gasteiger partial charge is 0.277 e. The van der Waals surface area contributed by atoms with Crippen LogP contribution in [0.4, 0.5) is 0 Å². The van der Waals surface area contributed by atoms with Crippen LogP contribution in [0.1, 0.15) is 29.3 Å². The van der Waals surface area contributed by atoms with Crippen LogP contribution < -0.4 is 5.32 Å². The van der Waals surface area contributed by atoms with E-state index in [-0.39, 0.29) is 5.91 Å². The summed E-state index contributed by atoms with van der Waals surface area (Å²) < 4.78 is 0. The summed E-state index contributed by atoms with van der Waals surface area (Å²) in [5, 5.41) is 4.51. The number of benzene rings is 1. The van der Waals surface area contributed by atoms with Gasteiger partial charge in [0.2, 0.25) is 0 Å². The van der Waals surface area contributed by atoms with Crippen LogP contribution in [-0.2, 0) is 11.3 Å². The van der Waals surface area contributed by atoms with Crippen molar-refractivity contribution >= 4 is 5.91 Å². The van der Waals surface area contributed by atoms with Crippen molar-refractivity contribution in [1.82, 2.24) is 10.4 Å². The van der Waals surface area contributed by atoms with E-state index in [1.165, 1.54) is 12.2 Å². The minimum absolute atomic E-state index is 0.0638. The molecular weight excluding hydrogens is 228 g/mol. The first-order valence-electron chi connectivity index (χ1n) is 6.33. The molecule has 0 aromatic heterocycles. The summed E-state index contributed by atoms with van der Waals surface area (Å²) in [7, 11) is 3.44. The molecule has 0 bridgehead atoms. The van der Waals surface area contributed by atoms with Crippen LogP contribution in [0.2, 0.25) is 0 Å². The van der Waals surface area contributed by atoms with Crippen LogP contribution in [0, 0.1) is 0 Å². The van der Waals surface area contributed by atoms with E-state index in [2.05, 4.69) is 5.32 Å². The van der Waals surface area contributed by atoms with Crippen molar-refractivity contribution in [3.8, 4) is 0 Å². The van der Waals surface area contributed by atoms with Gasteiger partial charge >= 0.3 is 0 Å². The lowest BCUT2D eigenvalue weighted by Gasteiger charge is -2.20. The molecule has 0 spiro atoms. The maximum atomic E-state index is 12.3. The quantitative estimate of drug-likeness (QED) is 0.751. The molecule has 0 fully saturated rings. The van der Waals surface area contributed by atoms with Crippen molar-refractivity contribution in [3.63, 3.8) is 0 Å². The molecule has 0 unspecified atom stereocenters. The van der Waals surface area contributed by atoms with Gasteiger partial charge in [-0.25, -0.2) is 5.06 Å². The zero-order chi connectivity index (χ0) is 13.4. The predicted octanol–water partition coefficient (Wildman–Crippen LogP) is 1.86. The molecular formula is C14H22N2O2. The van der Waals surface area contributed by atoms with Gasteiger partial charge in [-0.1, -0.05) is 25.1 Å². The van der Waals surface area contributed by atoms with E-state index in [0.717, 1.165) is 30.5 Å². The van der Waals surface area contributed by atoms with Crippen molar-refractivity contribution < 1.29 is 9.63 Å². The summed E-state index contributed by atoms with van der Waals surface area (Å²) in [6.45, 7) is 3.48. The zero-order valence-corrected chi connectivity index (χ0v) is 11.4. The highest BCUT2D eigenvalue weighted by Crippen LogP contribution is 2.13. The van der Waals surface area contributed by atoms with Crippen molar-refractivity contribution in [2.24, 2.45) is 0 Å². The third-order valence-electron chi connectivity index (χ3n) is 2.77. The van der Waals surface area contributed by atoms with Crippen LogP contribution in [0.3, 0.4) is 0 Å². The Labute approximate surface area is 109 Å². The van der Waals surface area contributed by atoms with Crippen LogP contribution in [-0.4, -0.2) is 38.2 Å². The fourth-order valence-electron chi connectivity index (χ4n) is 1.82. The summed E-state index contributed by atoms with van der Waals surface area (Å²) in [6, 6.07) is 7.69. The van der Waals surface area contributed by atoms with Crippen LogP contribution in [0.25, 0.3) is 0 Å². The number of nitrogens with zero attached hydrogens (tertiary/aromatic N) is 1. The van der Waals surface area contributed by atoms with E-state index < -0.39 is 0 Å². The molecule has 0 aliphatic rings. The molecule has 4 heteroatoms. The maximum absolute atomic E-state index is 12.3. The number of hydrogen-bond acceptors (Lipinski definition) is 3. The summed E-state index contributed by atoms with van der Waals surface area (Å²) in [4.78, 5) is 17.5. The van der Waals surface area contributed by atoms with Crippen molar-refractivity contribution in [2.75, 3.05) is 27.2 Å². The van der Waals surface area contributed by atoms with Gasteiger partial charge in [-0.3, -0.25) is 9.63 Å². The lowest BCUT2D eigenvalue weighted by Crippen LogP contribution is -2.31. The molecule has 100 valence electrons. The first-order valence-corrected chi connectivity index (χ1v) is 6.33. The monoisotopic (exact) mass is 250 g/mol. The van der Waals surface area contributed by atoms with E-state index in [0.29, 0.717) is 6.54 Å². The van der Waals surface area contributed by atoms with Gasteiger partial charge in [-0.15, -0.1) is 0 Å². The highest BCUT2D eigenvalue weighted by molar-refractivity contribution is 5.95. The normalized spacial score (nSPS) is 10.4. The SMILES string of the molecule is CCCN(OC)C(=O)c1ccccc1CCNC. The van der Waals surface area contributed by atoms with E-state index in [9.17, 15) is 4.79 Å². The van der Waals surface area contributed by atoms with Crippen molar-refractivity contribution in [2.45, 2.75) is 19.8 Å². The maximum Gasteiger partial charge on any atom is 0.277 e. The second kappa shape index (κ2) is 7.84.